The van der Waals surface area contributed by atoms with Crippen molar-refractivity contribution in [1.82, 2.24) is 4.90 Å². The summed E-state index contributed by atoms with van der Waals surface area (Å²) in [7, 11) is 1.67. The van der Waals surface area contributed by atoms with Gasteiger partial charge in [-0.3, -0.25) is 4.79 Å². The van der Waals surface area contributed by atoms with Crippen LogP contribution >= 0.6 is 0 Å². The third-order valence-corrected chi connectivity index (χ3v) is 3.66. The molecule has 0 spiro atoms. The molecule has 1 saturated heterocycles. The molecule has 0 aromatic heterocycles. The first-order valence-electron chi connectivity index (χ1n) is 7.11. The lowest BCUT2D eigenvalue weighted by Gasteiger charge is -2.36. The zero-order valence-corrected chi connectivity index (χ0v) is 12.0. The molecule has 1 aromatic rings. The van der Waals surface area contributed by atoms with Crippen molar-refractivity contribution in [3.63, 3.8) is 0 Å². The first kappa shape index (κ1) is 14.7. The van der Waals surface area contributed by atoms with Crippen LogP contribution in [0.25, 0.3) is 0 Å². The number of hydrogen-bond donors (Lipinski definition) is 1. The van der Waals surface area contributed by atoms with Gasteiger partial charge in [0.15, 0.2) is 0 Å². The molecule has 1 fully saturated rings. The minimum Gasteiger partial charge on any atom is -0.497 e. The predicted molar refractivity (Wildman–Crippen MR) is 80.1 cm³/mol. The molecular formula is C15H23N3O2. The molecule has 1 aliphatic rings. The fourth-order valence-corrected chi connectivity index (χ4v) is 2.42. The lowest BCUT2D eigenvalue weighted by Crippen LogP contribution is -2.48. The van der Waals surface area contributed by atoms with Gasteiger partial charge in [0.1, 0.15) is 5.75 Å². The Morgan fingerprint density at radius 1 is 1.20 bits per heavy atom. The van der Waals surface area contributed by atoms with Crippen molar-refractivity contribution >= 4 is 11.6 Å². The number of ether oxygens (including phenoxy) is 1. The van der Waals surface area contributed by atoms with E-state index in [1.165, 1.54) is 5.69 Å². The van der Waals surface area contributed by atoms with Crippen LogP contribution in [0.5, 0.6) is 5.75 Å². The molecule has 5 nitrogen and oxygen atoms in total. The summed E-state index contributed by atoms with van der Waals surface area (Å²) in [6.07, 6.45) is 1.34. The third kappa shape index (κ3) is 3.63. The van der Waals surface area contributed by atoms with Crippen LogP contribution in [-0.4, -0.2) is 50.6 Å². The van der Waals surface area contributed by atoms with E-state index in [1.807, 2.05) is 17.0 Å². The van der Waals surface area contributed by atoms with Gasteiger partial charge in [0, 0.05) is 38.3 Å². The van der Waals surface area contributed by atoms with Crippen LogP contribution in [0.4, 0.5) is 5.69 Å². The number of carbonyl (C=O) groups is 1. The zero-order chi connectivity index (χ0) is 14.4. The first-order chi connectivity index (χ1) is 9.74. The SMILES string of the molecule is COc1ccc(N2CCN(C(=O)CCCN)CC2)cc1. The number of amides is 1. The van der Waals surface area contributed by atoms with Gasteiger partial charge in [-0.2, -0.15) is 0 Å². The maximum Gasteiger partial charge on any atom is 0.222 e. The predicted octanol–water partition coefficient (Wildman–Crippen LogP) is 1.08. The quantitative estimate of drug-likeness (QED) is 0.875. The van der Waals surface area contributed by atoms with E-state index in [0.29, 0.717) is 13.0 Å². The van der Waals surface area contributed by atoms with Crippen molar-refractivity contribution in [3.05, 3.63) is 24.3 Å². The van der Waals surface area contributed by atoms with Crippen LogP contribution in [0.1, 0.15) is 12.8 Å². The highest BCUT2D eigenvalue weighted by Crippen LogP contribution is 2.20. The van der Waals surface area contributed by atoms with Crippen LogP contribution in [0.15, 0.2) is 24.3 Å². The minimum absolute atomic E-state index is 0.227. The molecule has 20 heavy (non-hydrogen) atoms. The largest absolute Gasteiger partial charge is 0.497 e. The Labute approximate surface area is 120 Å². The summed E-state index contributed by atoms with van der Waals surface area (Å²) in [5.74, 6) is 1.09. The molecule has 0 aliphatic carbocycles. The van der Waals surface area contributed by atoms with Crippen molar-refractivity contribution in [1.29, 1.82) is 0 Å². The molecule has 0 bridgehead atoms. The zero-order valence-electron chi connectivity index (χ0n) is 12.0. The van der Waals surface area contributed by atoms with Gasteiger partial charge in [0.25, 0.3) is 0 Å². The Morgan fingerprint density at radius 3 is 2.40 bits per heavy atom. The number of benzene rings is 1. The van der Waals surface area contributed by atoms with Crippen LogP contribution in [0, 0.1) is 0 Å². The fraction of sp³-hybridized carbons (Fsp3) is 0.533. The van der Waals surface area contributed by atoms with Crippen molar-refractivity contribution in [2.45, 2.75) is 12.8 Å². The van der Waals surface area contributed by atoms with Crippen molar-refractivity contribution < 1.29 is 9.53 Å². The summed E-state index contributed by atoms with van der Waals surface area (Å²) in [6, 6.07) is 8.05. The van der Waals surface area contributed by atoms with Gasteiger partial charge in [-0.05, 0) is 37.2 Å². The molecule has 5 heteroatoms. The Balaban J connectivity index is 1.85. The fourth-order valence-electron chi connectivity index (χ4n) is 2.42. The van der Waals surface area contributed by atoms with Gasteiger partial charge in [-0.15, -0.1) is 0 Å². The van der Waals surface area contributed by atoms with E-state index in [4.69, 9.17) is 10.5 Å². The molecule has 1 amide bonds. The van der Waals surface area contributed by atoms with E-state index in [0.717, 1.165) is 38.3 Å². The molecule has 1 heterocycles. The van der Waals surface area contributed by atoms with Gasteiger partial charge in [-0.1, -0.05) is 0 Å². The van der Waals surface area contributed by atoms with Gasteiger partial charge in [-0.25, -0.2) is 0 Å². The maximum atomic E-state index is 11.9. The second kappa shape index (κ2) is 7.14. The number of anilines is 1. The summed E-state index contributed by atoms with van der Waals surface area (Å²) in [4.78, 5) is 16.2. The third-order valence-electron chi connectivity index (χ3n) is 3.66. The summed E-state index contributed by atoms with van der Waals surface area (Å²) in [5.41, 5.74) is 6.62. The molecule has 2 N–H and O–H groups in total. The Morgan fingerprint density at radius 2 is 1.85 bits per heavy atom. The van der Waals surface area contributed by atoms with Crippen molar-refractivity contribution in [2.75, 3.05) is 44.7 Å². The minimum atomic E-state index is 0.227. The first-order valence-corrected chi connectivity index (χ1v) is 7.11. The second-order valence-corrected chi connectivity index (χ2v) is 4.96. The molecule has 110 valence electrons. The molecule has 0 atom stereocenters. The Kier molecular flexibility index (Phi) is 5.24. The Hall–Kier alpha value is -1.75. The van der Waals surface area contributed by atoms with Crippen LogP contribution < -0.4 is 15.4 Å². The number of rotatable bonds is 5. The number of hydrogen-bond acceptors (Lipinski definition) is 4. The van der Waals surface area contributed by atoms with E-state index in [-0.39, 0.29) is 5.91 Å². The number of piperazine rings is 1. The smallest absolute Gasteiger partial charge is 0.222 e. The van der Waals surface area contributed by atoms with Gasteiger partial charge in [0.2, 0.25) is 5.91 Å². The second-order valence-electron chi connectivity index (χ2n) is 4.96. The van der Waals surface area contributed by atoms with Crippen LogP contribution in [0.3, 0.4) is 0 Å². The number of methoxy groups -OCH3 is 1. The Bertz CT molecular complexity index is 425. The van der Waals surface area contributed by atoms with E-state index in [2.05, 4.69) is 17.0 Å². The lowest BCUT2D eigenvalue weighted by molar-refractivity contribution is -0.131. The highest BCUT2D eigenvalue weighted by atomic mass is 16.5. The normalized spacial score (nSPS) is 15.3. The highest BCUT2D eigenvalue weighted by molar-refractivity contribution is 5.76. The van der Waals surface area contributed by atoms with Gasteiger partial charge >= 0.3 is 0 Å². The van der Waals surface area contributed by atoms with E-state index >= 15 is 0 Å². The monoisotopic (exact) mass is 277 g/mol. The average Bonchev–Trinajstić information content (AvgIpc) is 2.53. The summed E-state index contributed by atoms with van der Waals surface area (Å²) < 4.78 is 5.16. The average molecular weight is 277 g/mol. The molecular weight excluding hydrogens is 254 g/mol. The highest BCUT2D eigenvalue weighted by Gasteiger charge is 2.20. The molecule has 0 radical (unpaired) electrons. The van der Waals surface area contributed by atoms with Crippen molar-refractivity contribution in [3.8, 4) is 5.75 Å². The lowest BCUT2D eigenvalue weighted by atomic mass is 10.2. The molecule has 1 aliphatic heterocycles. The van der Waals surface area contributed by atoms with Gasteiger partial charge < -0.3 is 20.3 Å². The number of nitrogens with zero attached hydrogens (tertiary/aromatic N) is 2. The summed E-state index contributed by atoms with van der Waals surface area (Å²) >= 11 is 0. The van der Waals surface area contributed by atoms with E-state index in [9.17, 15) is 4.79 Å². The topological polar surface area (TPSA) is 58.8 Å². The number of carbonyl (C=O) groups excluding carboxylic acids is 1. The molecule has 2 rings (SSSR count). The molecule has 0 unspecified atom stereocenters. The maximum absolute atomic E-state index is 11.9. The van der Waals surface area contributed by atoms with E-state index in [1.54, 1.807) is 7.11 Å². The van der Waals surface area contributed by atoms with Crippen LogP contribution in [0.2, 0.25) is 0 Å². The summed E-state index contributed by atoms with van der Waals surface area (Å²) in [5, 5.41) is 0. The summed E-state index contributed by atoms with van der Waals surface area (Å²) in [6.45, 7) is 3.91. The van der Waals surface area contributed by atoms with Crippen molar-refractivity contribution in [2.24, 2.45) is 5.73 Å². The van der Waals surface area contributed by atoms with Crippen LogP contribution in [-0.2, 0) is 4.79 Å². The number of nitrogens with two attached hydrogens (primary N) is 1. The molecule has 0 saturated carbocycles. The van der Waals surface area contributed by atoms with E-state index < -0.39 is 0 Å². The standard InChI is InChI=1S/C15H23N3O2/c1-20-14-6-4-13(5-7-14)17-9-11-18(12-10-17)15(19)3-2-8-16/h4-7H,2-3,8-12,16H2,1H3. The van der Waals surface area contributed by atoms with Gasteiger partial charge in [0.05, 0.1) is 7.11 Å². The molecule has 1 aromatic carbocycles.